The smallest absolute Gasteiger partial charge is 0.0942 e. The molecule has 0 aliphatic carbocycles. The average Bonchev–Trinajstić information content (AvgIpc) is 2.81. The summed E-state index contributed by atoms with van der Waals surface area (Å²) in [6.45, 7) is 0. The van der Waals surface area contributed by atoms with Gasteiger partial charge in [-0.3, -0.25) is 0 Å². The summed E-state index contributed by atoms with van der Waals surface area (Å²) in [4.78, 5) is 1.46. The van der Waals surface area contributed by atoms with Crippen LogP contribution in [0.25, 0.3) is 0 Å². The Morgan fingerprint density at radius 3 is 2.94 bits per heavy atom. The molecule has 1 aromatic heterocycles. The molecule has 17 heavy (non-hydrogen) atoms. The van der Waals surface area contributed by atoms with E-state index in [2.05, 4.69) is 69.7 Å². The lowest BCUT2D eigenvalue weighted by Gasteiger charge is -2.35. The lowest BCUT2D eigenvalue weighted by atomic mass is 9.96. The van der Waals surface area contributed by atoms with Crippen molar-refractivity contribution >= 4 is 39.6 Å². The maximum atomic E-state index is 3.70. The van der Waals surface area contributed by atoms with Gasteiger partial charge in [0.1, 0.15) is 0 Å². The van der Waals surface area contributed by atoms with Gasteiger partial charge in [0.25, 0.3) is 0 Å². The summed E-state index contributed by atoms with van der Waals surface area (Å²) in [6.07, 6.45) is 3.49. The zero-order valence-corrected chi connectivity index (χ0v) is 12.4. The number of hydrogen-bond acceptors (Lipinski definition) is 2. The van der Waals surface area contributed by atoms with Crippen molar-refractivity contribution in [1.82, 2.24) is 0 Å². The van der Waals surface area contributed by atoms with Gasteiger partial charge in [0.2, 0.25) is 0 Å². The number of benzene rings is 1. The zero-order chi connectivity index (χ0) is 11.7. The van der Waals surface area contributed by atoms with E-state index in [1.807, 2.05) is 11.3 Å². The quantitative estimate of drug-likeness (QED) is 0.476. The molecule has 2 aromatic rings. The summed E-state index contributed by atoms with van der Waals surface area (Å²) in [7, 11) is 0. The number of thiophene rings is 1. The molecule has 3 rings (SSSR count). The van der Waals surface area contributed by atoms with Crippen LogP contribution in [0.5, 0.6) is 0 Å². The highest BCUT2D eigenvalue weighted by Gasteiger charge is 2.31. The molecular weight excluding hydrogens is 341 g/mol. The van der Waals surface area contributed by atoms with Crippen LogP contribution in [-0.4, -0.2) is 3.55 Å². The lowest BCUT2D eigenvalue weighted by molar-refractivity contribution is 0.609. The third-order valence-electron chi connectivity index (χ3n) is 3.20. The first-order valence-corrected chi connectivity index (χ1v) is 7.78. The molecule has 0 spiro atoms. The number of fused-ring (bicyclic) bond motifs is 1. The van der Waals surface area contributed by atoms with Crippen molar-refractivity contribution in [1.29, 1.82) is 0 Å². The van der Waals surface area contributed by atoms with Crippen molar-refractivity contribution in [2.75, 3.05) is 5.32 Å². The predicted molar refractivity (Wildman–Crippen MR) is 83.2 cm³/mol. The molecule has 2 heterocycles. The number of hydrogen-bond donors (Lipinski definition) is 1. The van der Waals surface area contributed by atoms with Crippen molar-refractivity contribution in [2.24, 2.45) is 0 Å². The van der Waals surface area contributed by atoms with Crippen molar-refractivity contribution in [3.63, 3.8) is 0 Å². The summed E-state index contributed by atoms with van der Waals surface area (Å²) in [6, 6.07) is 13.0. The van der Waals surface area contributed by atoms with Crippen LogP contribution in [-0.2, 0) is 12.8 Å². The highest BCUT2D eigenvalue weighted by Crippen LogP contribution is 2.38. The van der Waals surface area contributed by atoms with Gasteiger partial charge in [-0.15, -0.1) is 11.3 Å². The summed E-state index contributed by atoms with van der Waals surface area (Å²) in [5.41, 5.74) is 2.76. The third-order valence-corrected chi connectivity index (χ3v) is 5.27. The summed E-state index contributed by atoms with van der Waals surface area (Å²) < 4.78 is 0.178. The summed E-state index contributed by atoms with van der Waals surface area (Å²) >= 11 is 4.44. The normalized spacial score (nSPS) is 22.9. The Morgan fingerprint density at radius 2 is 2.12 bits per heavy atom. The number of rotatable bonds is 2. The number of alkyl halides is 1. The molecule has 0 saturated carbocycles. The molecule has 0 saturated heterocycles. The fourth-order valence-electron chi connectivity index (χ4n) is 2.32. The first-order valence-electron chi connectivity index (χ1n) is 5.83. The van der Waals surface area contributed by atoms with Crippen LogP contribution in [0, 0.1) is 0 Å². The standard InChI is InChI=1S/C14H14INS/c15-14(10-12-5-3-9-17-12)8-7-11-4-1-2-6-13(11)16-14/h1-6,9,16H,7-8,10H2. The van der Waals surface area contributed by atoms with Gasteiger partial charge in [-0.25, -0.2) is 0 Å². The van der Waals surface area contributed by atoms with Gasteiger partial charge in [-0.2, -0.15) is 0 Å². The van der Waals surface area contributed by atoms with Crippen LogP contribution in [0.3, 0.4) is 0 Å². The number of halogens is 1. The molecule has 1 aliphatic rings. The van der Waals surface area contributed by atoms with Crippen LogP contribution < -0.4 is 5.32 Å². The molecule has 1 atom stereocenters. The van der Waals surface area contributed by atoms with E-state index in [4.69, 9.17) is 0 Å². The largest absolute Gasteiger partial charge is 0.370 e. The second-order valence-corrected chi connectivity index (χ2v) is 7.60. The van der Waals surface area contributed by atoms with Crippen molar-refractivity contribution in [2.45, 2.75) is 22.8 Å². The van der Waals surface area contributed by atoms with E-state index in [0.717, 1.165) is 6.42 Å². The number of aryl methyl sites for hydroxylation is 1. The highest BCUT2D eigenvalue weighted by atomic mass is 127. The summed E-state index contributed by atoms with van der Waals surface area (Å²) in [5.74, 6) is 0. The third kappa shape index (κ3) is 2.50. The number of nitrogens with one attached hydrogen (secondary N) is 1. The lowest BCUT2D eigenvalue weighted by Crippen LogP contribution is -2.37. The van der Waals surface area contributed by atoms with Gasteiger partial charge in [0.15, 0.2) is 0 Å². The Balaban J connectivity index is 1.82. The Kier molecular flexibility index (Phi) is 3.13. The van der Waals surface area contributed by atoms with Gasteiger partial charge in [0.05, 0.1) is 3.55 Å². The SMILES string of the molecule is IC1(Cc2cccs2)CCc2ccccc2N1. The zero-order valence-electron chi connectivity index (χ0n) is 9.45. The Labute approximate surface area is 119 Å². The van der Waals surface area contributed by atoms with E-state index in [-0.39, 0.29) is 3.55 Å². The van der Waals surface area contributed by atoms with Gasteiger partial charge in [-0.05, 0) is 35.9 Å². The second-order valence-electron chi connectivity index (χ2n) is 4.50. The minimum Gasteiger partial charge on any atom is -0.370 e. The molecule has 88 valence electrons. The Hall–Kier alpha value is -0.550. The molecule has 0 amide bonds. The monoisotopic (exact) mass is 355 g/mol. The first kappa shape index (κ1) is 11.5. The van der Waals surface area contributed by atoms with Crippen molar-refractivity contribution in [3.05, 3.63) is 52.2 Å². The molecule has 1 aromatic carbocycles. The maximum absolute atomic E-state index is 3.70. The highest BCUT2D eigenvalue weighted by molar-refractivity contribution is 14.1. The summed E-state index contributed by atoms with van der Waals surface area (Å²) in [5, 5.41) is 5.86. The van der Waals surface area contributed by atoms with Gasteiger partial charge >= 0.3 is 0 Å². The number of para-hydroxylation sites is 1. The van der Waals surface area contributed by atoms with Crippen LogP contribution in [0.4, 0.5) is 5.69 Å². The fraction of sp³-hybridized carbons (Fsp3) is 0.286. The minimum absolute atomic E-state index is 0.178. The molecule has 1 aliphatic heterocycles. The van der Waals surface area contributed by atoms with Crippen molar-refractivity contribution < 1.29 is 0 Å². The molecule has 3 heteroatoms. The van der Waals surface area contributed by atoms with Gasteiger partial charge < -0.3 is 5.32 Å². The van der Waals surface area contributed by atoms with Gasteiger partial charge in [-0.1, -0.05) is 46.9 Å². The Morgan fingerprint density at radius 1 is 1.24 bits per heavy atom. The van der Waals surface area contributed by atoms with E-state index in [0.29, 0.717) is 0 Å². The topological polar surface area (TPSA) is 12.0 Å². The first-order chi connectivity index (χ1) is 8.25. The molecule has 0 radical (unpaired) electrons. The molecule has 1 N–H and O–H groups in total. The fourth-order valence-corrected chi connectivity index (χ4v) is 4.37. The average molecular weight is 355 g/mol. The predicted octanol–water partition coefficient (Wildman–Crippen LogP) is 4.48. The molecule has 1 unspecified atom stereocenters. The second kappa shape index (κ2) is 4.61. The van der Waals surface area contributed by atoms with E-state index < -0.39 is 0 Å². The van der Waals surface area contributed by atoms with Gasteiger partial charge in [0, 0.05) is 17.0 Å². The number of anilines is 1. The van der Waals surface area contributed by atoms with Crippen LogP contribution in [0.15, 0.2) is 41.8 Å². The van der Waals surface area contributed by atoms with Crippen LogP contribution in [0.2, 0.25) is 0 Å². The molecule has 0 bridgehead atoms. The molecular formula is C14H14INS. The Bertz CT molecular complexity index is 509. The van der Waals surface area contributed by atoms with E-state index in [1.54, 1.807) is 0 Å². The van der Waals surface area contributed by atoms with Crippen molar-refractivity contribution in [3.8, 4) is 0 Å². The maximum Gasteiger partial charge on any atom is 0.0942 e. The van der Waals surface area contributed by atoms with E-state index in [1.165, 1.54) is 29.0 Å². The van der Waals surface area contributed by atoms with Crippen LogP contribution in [0.1, 0.15) is 16.9 Å². The molecule has 1 nitrogen and oxygen atoms in total. The van der Waals surface area contributed by atoms with E-state index >= 15 is 0 Å². The van der Waals surface area contributed by atoms with Crippen LogP contribution >= 0.6 is 33.9 Å². The molecule has 0 fully saturated rings. The van der Waals surface area contributed by atoms with E-state index in [9.17, 15) is 0 Å². The minimum atomic E-state index is 0.178.